The summed E-state index contributed by atoms with van der Waals surface area (Å²) in [7, 11) is 0. The van der Waals surface area contributed by atoms with Crippen molar-refractivity contribution >= 4 is 54.1 Å². The van der Waals surface area contributed by atoms with Gasteiger partial charge in [-0.1, -0.05) is 121 Å². The Morgan fingerprint density at radius 1 is 0.412 bits per heavy atom. The summed E-state index contributed by atoms with van der Waals surface area (Å²) in [6.45, 7) is 0. The summed E-state index contributed by atoms with van der Waals surface area (Å²) >= 11 is 0. The van der Waals surface area contributed by atoms with E-state index in [0.29, 0.717) is 23.0 Å². The lowest BCUT2D eigenvalue weighted by Gasteiger charge is -2.12. The zero-order valence-corrected chi connectivity index (χ0v) is 27.3. The highest BCUT2D eigenvalue weighted by Gasteiger charge is 2.19. The molecule has 0 unspecified atom stereocenters. The van der Waals surface area contributed by atoms with Crippen LogP contribution in [0.5, 0.6) is 0 Å². The number of hydrogen-bond donors (Lipinski definition) is 0. The van der Waals surface area contributed by atoms with Gasteiger partial charge in [0.15, 0.2) is 17.5 Å². The molecule has 5 nitrogen and oxygen atoms in total. The Kier molecular flexibility index (Phi) is 6.48. The number of hydrogen-bond acceptors (Lipinski definition) is 4. The molecule has 0 N–H and O–H groups in total. The molecule has 51 heavy (non-hydrogen) atoms. The summed E-state index contributed by atoms with van der Waals surface area (Å²) in [6.07, 6.45) is 0. The molecule has 0 bridgehead atoms. The molecule has 0 aliphatic heterocycles. The van der Waals surface area contributed by atoms with Gasteiger partial charge in [0.2, 0.25) is 0 Å². The predicted octanol–water partition coefficient (Wildman–Crippen LogP) is 11.3. The van der Waals surface area contributed by atoms with Gasteiger partial charge in [0.05, 0.1) is 22.7 Å². The Morgan fingerprint density at radius 2 is 1.02 bits per heavy atom. The van der Waals surface area contributed by atoms with Gasteiger partial charge in [-0.05, 0) is 74.8 Å². The van der Waals surface area contributed by atoms with Gasteiger partial charge in [0.25, 0.3) is 0 Å². The van der Waals surface area contributed by atoms with Crippen molar-refractivity contribution in [3.8, 4) is 45.9 Å². The molecule has 0 atom stereocenters. The number of rotatable bonds is 4. The lowest BCUT2D eigenvalue weighted by atomic mass is 10.0. The molecule has 10 rings (SSSR count). The van der Waals surface area contributed by atoms with E-state index >= 15 is 0 Å². The average molecular weight is 650 g/mol. The smallest absolute Gasteiger partial charge is 0.164 e. The fourth-order valence-electron chi connectivity index (χ4n) is 7.41. The minimum atomic E-state index is 0.595. The Morgan fingerprint density at radius 3 is 1.71 bits per heavy atom. The third kappa shape index (κ3) is 4.74. The average Bonchev–Trinajstić information content (AvgIpc) is 3.53. The molecule has 10 aromatic rings. The fraction of sp³-hybridized carbons (Fsp3) is 0. The lowest BCUT2D eigenvalue weighted by molar-refractivity contribution is 1.08. The van der Waals surface area contributed by atoms with Gasteiger partial charge in [0, 0.05) is 33.2 Å². The van der Waals surface area contributed by atoms with E-state index in [1.807, 2.05) is 18.2 Å². The fourth-order valence-corrected chi connectivity index (χ4v) is 7.41. The molecule has 0 spiro atoms. The number of benzene rings is 8. The molecule has 8 aromatic carbocycles. The van der Waals surface area contributed by atoms with Crippen molar-refractivity contribution in [1.82, 2.24) is 19.5 Å². The van der Waals surface area contributed by atoms with E-state index in [2.05, 4.69) is 156 Å². The van der Waals surface area contributed by atoms with Crippen LogP contribution in [0.1, 0.15) is 5.56 Å². The summed E-state index contributed by atoms with van der Waals surface area (Å²) < 4.78 is 2.25. The van der Waals surface area contributed by atoms with Crippen molar-refractivity contribution in [2.75, 3.05) is 0 Å². The second-order valence-corrected chi connectivity index (χ2v) is 12.8. The topological polar surface area (TPSA) is 67.4 Å². The molecule has 0 amide bonds. The molecule has 0 aliphatic rings. The first-order valence-corrected chi connectivity index (χ1v) is 16.9. The Hall–Kier alpha value is -7.16. The molecule has 0 fully saturated rings. The highest BCUT2D eigenvalue weighted by Crippen LogP contribution is 2.37. The highest BCUT2D eigenvalue weighted by atomic mass is 15.0. The van der Waals surface area contributed by atoms with Crippen molar-refractivity contribution in [3.63, 3.8) is 0 Å². The SMILES string of the molecule is N#Cc1ccc2c3cc(-c4nc(-c5cccc6ccccc56)nc(-c5cccc6ccccc56)n4)ccc3n(-c3ccc4ccccc4c3)c2c1. The van der Waals surface area contributed by atoms with Gasteiger partial charge in [-0.25, -0.2) is 15.0 Å². The summed E-state index contributed by atoms with van der Waals surface area (Å²) in [5.41, 5.74) is 6.46. The predicted molar refractivity (Wildman–Crippen MR) is 208 cm³/mol. The van der Waals surface area contributed by atoms with Gasteiger partial charge in [-0.15, -0.1) is 0 Å². The van der Waals surface area contributed by atoms with Crippen molar-refractivity contribution in [2.24, 2.45) is 0 Å². The molecule has 0 saturated carbocycles. The minimum absolute atomic E-state index is 0.595. The Balaban J connectivity index is 1.23. The van der Waals surface area contributed by atoms with Crippen LogP contribution >= 0.6 is 0 Å². The van der Waals surface area contributed by atoms with Gasteiger partial charge in [0.1, 0.15) is 0 Å². The monoisotopic (exact) mass is 649 g/mol. The molecular formula is C46H27N5. The van der Waals surface area contributed by atoms with Gasteiger partial charge < -0.3 is 4.57 Å². The molecular weight excluding hydrogens is 623 g/mol. The van der Waals surface area contributed by atoms with E-state index in [4.69, 9.17) is 15.0 Å². The summed E-state index contributed by atoms with van der Waals surface area (Å²) in [5.74, 6) is 1.84. The number of fused-ring (bicyclic) bond motifs is 6. The first kappa shape index (κ1) is 28.8. The zero-order chi connectivity index (χ0) is 33.9. The van der Waals surface area contributed by atoms with Gasteiger partial charge in [-0.2, -0.15) is 5.26 Å². The first-order chi connectivity index (χ1) is 25.2. The van der Waals surface area contributed by atoms with E-state index < -0.39 is 0 Å². The summed E-state index contributed by atoms with van der Waals surface area (Å²) in [4.78, 5) is 15.5. The van der Waals surface area contributed by atoms with E-state index in [9.17, 15) is 5.26 Å². The number of aromatic nitrogens is 4. The maximum Gasteiger partial charge on any atom is 0.164 e. The van der Waals surface area contributed by atoms with Crippen LogP contribution in [0.4, 0.5) is 0 Å². The van der Waals surface area contributed by atoms with Crippen LogP contribution in [-0.2, 0) is 0 Å². The Labute approximate surface area is 293 Å². The van der Waals surface area contributed by atoms with Crippen molar-refractivity contribution < 1.29 is 0 Å². The minimum Gasteiger partial charge on any atom is -0.309 e. The second kappa shape index (κ2) is 11.5. The van der Waals surface area contributed by atoms with Gasteiger partial charge in [-0.3, -0.25) is 0 Å². The van der Waals surface area contributed by atoms with Crippen LogP contribution in [0.3, 0.4) is 0 Å². The van der Waals surface area contributed by atoms with Crippen LogP contribution < -0.4 is 0 Å². The molecule has 0 aliphatic carbocycles. The lowest BCUT2D eigenvalue weighted by Crippen LogP contribution is -2.01. The molecule has 2 aromatic heterocycles. The van der Waals surface area contributed by atoms with Gasteiger partial charge >= 0.3 is 0 Å². The van der Waals surface area contributed by atoms with Crippen LogP contribution in [-0.4, -0.2) is 19.5 Å². The van der Waals surface area contributed by atoms with E-state index in [1.54, 1.807) is 0 Å². The standard InChI is InChI=1S/C46H27N5/c47-28-29-19-23-38-41-27-34(21-24-42(41)51(43(38)25-29)35-22-20-30-9-1-2-12-33(30)26-35)44-48-45(39-17-7-13-31-10-3-5-15-36(31)39)50-46(49-44)40-18-8-14-32-11-4-6-16-37(32)40/h1-27H. The van der Waals surface area contributed by atoms with E-state index in [1.165, 1.54) is 5.39 Å². The van der Waals surface area contributed by atoms with Crippen LogP contribution in [0.25, 0.3) is 94.0 Å². The van der Waals surface area contributed by atoms with E-state index in [0.717, 1.165) is 71.1 Å². The molecule has 2 heterocycles. The van der Waals surface area contributed by atoms with Crippen molar-refractivity contribution in [1.29, 1.82) is 5.26 Å². The summed E-state index contributed by atoms with van der Waals surface area (Å²) in [5, 5.41) is 18.7. The molecule has 5 heteroatoms. The third-order valence-corrected chi connectivity index (χ3v) is 9.84. The second-order valence-electron chi connectivity index (χ2n) is 12.8. The first-order valence-electron chi connectivity index (χ1n) is 16.9. The number of nitrogens with zero attached hydrogens (tertiary/aromatic N) is 5. The maximum atomic E-state index is 9.86. The molecule has 236 valence electrons. The van der Waals surface area contributed by atoms with Crippen molar-refractivity contribution in [3.05, 3.63) is 169 Å². The van der Waals surface area contributed by atoms with Crippen LogP contribution in [0.2, 0.25) is 0 Å². The van der Waals surface area contributed by atoms with Crippen molar-refractivity contribution in [2.45, 2.75) is 0 Å². The van der Waals surface area contributed by atoms with Crippen LogP contribution in [0, 0.1) is 11.3 Å². The number of nitriles is 1. The van der Waals surface area contributed by atoms with E-state index in [-0.39, 0.29) is 0 Å². The Bertz CT molecular complexity index is 2950. The largest absolute Gasteiger partial charge is 0.309 e. The highest BCUT2D eigenvalue weighted by molar-refractivity contribution is 6.11. The molecule has 0 saturated heterocycles. The quantitative estimate of drug-likeness (QED) is 0.190. The third-order valence-electron chi connectivity index (χ3n) is 9.84. The zero-order valence-electron chi connectivity index (χ0n) is 27.3. The summed E-state index contributed by atoms with van der Waals surface area (Å²) in [6, 6.07) is 58.7. The maximum absolute atomic E-state index is 9.86. The normalized spacial score (nSPS) is 11.5. The molecule has 0 radical (unpaired) electrons. The van der Waals surface area contributed by atoms with Crippen LogP contribution in [0.15, 0.2) is 164 Å².